The lowest BCUT2D eigenvalue weighted by Gasteiger charge is -2.20. The predicted molar refractivity (Wildman–Crippen MR) is 118 cm³/mol. The van der Waals surface area contributed by atoms with Crippen molar-refractivity contribution < 1.29 is 4.52 Å². The molecule has 2 heterocycles. The number of hydrogen-bond donors (Lipinski definition) is 1. The van der Waals surface area contributed by atoms with Crippen molar-refractivity contribution in [2.24, 2.45) is 4.99 Å². The van der Waals surface area contributed by atoms with Crippen molar-refractivity contribution in [2.75, 3.05) is 12.3 Å². The Morgan fingerprint density at radius 1 is 1.11 bits per heavy atom. The van der Waals surface area contributed by atoms with Crippen LogP contribution in [0.15, 0.2) is 58.0 Å². The molecule has 1 aliphatic rings. The Labute approximate surface area is 182 Å². The molecule has 8 heteroatoms. The molecule has 28 heavy (non-hydrogen) atoms. The summed E-state index contributed by atoms with van der Waals surface area (Å²) in [7, 11) is 0. The highest BCUT2D eigenvalue weighted by atomic mass is 35.5. The first-order valence-electron chi connectivity index (χ1n) is 8.69. The van der Waals surface area contributed by atoms with Crippen LogP contribution in [0.1, 0.15) is 17.4 Å². The number of benzene rings is 2. The molecular weight excluding hydrogens is 437 g/mol. The van der Waals surface area contributed by atoms with Crippen LogP contribution in [0.5, 0.6) is 0 Å². The minimum absolute atomic E-state index is 0.137. The minimum atomic E-state index is -0.137. The summed E-state index contributed by atoms with van der Waals surface area (Å²) in [6, 6.07) is 14.9. The number of nitrogens with zero attached hydrogens (tertiary/aromatic N) is 2. The summed E-state index contributed by atoms with van der Waals surface area (Å²) in [5.74, 6) is 1.71. The normalized spacial score (nSPS) is 14.8. The van der Waals surface area contributed by atoms with Gasteiger partial charge < -0.3 is 9.84 Å². The lowest BCUT2D eigenvalue weighted by Crippen LogP contribution is -2.27. The molecule has 0 fully saturated rings. The quantitative estimate of drug-likeness (QED) is 0.495. The van der Waals surface area contributed by atoms with E-state index in [2.05, 4.69) is 15.5 Å². The Bertz CT molecular complexity index is 1000. The molecule has 1 unspecified atom stereocenters. The Kier molecular flexibility index (Phi) is 6.16. The molecule has 0 saturated carbocycles. The number of rotatable bonds is 5. The van der Waals surface area contributed by atoms with E-state index in [1.54, 1.807) is 17.8 Å². The number of amidine groups is 1. The average Bonchev–Trinajstić information content (AvgIpc) is 3.36. The number of hydrogen-bond acceptors (Lipinski definition) is 5. The molecule has 0 spiro atoms. The standard InChI is InChI=1S/C20H16Cl3N3OS/c21-13-6-4-12(5-7-13)17-10-14(27-26-17)11-18(25-20-24-8-9-28-20)15-2-1-3-16(22)19(15)23/h1-7,10,18H,8-9,11H2,(H,24,25). The van der Waals surface area contributed by atoms with Gasteiger partial charge in [0.1, 0.15) is 11.5 Å². The van der Waals surface area contributed by atoms with Gasteiger partial charge in [-0.15, -0.1) is 0 Å². The van der Waals surface area contributed by atoms with E-state index in [-0.39, 0.29) is 6.04 Å². The largest absolute Gasteiger partial charge is 0.361 e. The third kappa shape index (κ3) is 4.49. The van der Waals surface area contributed by atoms with Crippen molar-refractivity contribution in [1.29, 1.82) is 0 Å². The number of nitrogens with one attached hydrogen (secondary N) is 1. The van der Waals surface area contributed by atoms with Gasteiger partial charge in [0.05, 0.1) is 22.6 Å². The Morgan fingerprint density at radius 3 is 2.68 bits per heavy atom. The maximum atomic E-state index is 6.48. The summed E-state index contributed by atoms with van der Waals surface area (Å²) in [6.07, 6.45) is 0.556. The fourth-order valence-electron chi connectivity index (χ4n) is 2.97. The van der Waals surface area contributed by atoms with Crippen molar-refractivity contribution in [3.63, 3.8) is 0 Å². The van der Waals surface area contributed by atoms with E-state index in [0.717, 1.165) is 40.0 Å². The minimum Gasteiger partial charge on any atom is -0.361 e. The monoisotopic (exact) mass is 451 g/mol. The SMILES string of the molecule is Clc1ccc(-c2cc(CC(NC3=NCCS3)c3cccc(Cl)c3Cl)on2)cc1. The van der Waals surface area contributed by atoms with E-state index in [9.17, 15) is 0 Å². The molecule has 0 radical (unpaired) electrons. The number of thioether (sulfide) groups is 1. The van der Waals surface area contributed by atoms with Gasteiger partial charge in [-0.25, -0.2) is 0 Å². The molecule has 1 atom stereocenters. The summed E-state index contributed by atoms with van der Waals surface area (Å²) >= 11 is 20.4. The van der Waals surface area contributed by atoms with E-state index in [4.69, 9.17) is 39.3 Å². The Hall–Kier alpha value is -1.66. The zero-order valence-electron chi connectivity index (χ0n) is 14.7. The first-order chi connectivity index (χ1) is 13.6. The second-order valence-electron chi connectivity index (χ2n) is 6.26. The van der Waals surface area contributed by atoms with Gasteiger partial charge in [-0.3, -0.25) is 4.99 Å². The van der Waals surface area contributed by atoms with Crippen LogP contribution in [0.4, 0.5) is 0 Å². The van der Waals surface area contributed by atoms with Crippen LogP contribution in [0, 0.1) is 0 Å². The van der Waals surface area contributed by atoms with Crippen LogP contribution in [-0.4, -0.2) is 22.6 Å². The van der Waals surface area contributed by atoms with E-state index in [1.165, 1.54) is 0 Å². The maximum absolute atomic E-state index is 6.48. The van der Waals surface area contributed by atoms with Crippen molar-refractivity contribution in [1.82, 2.24) is 10.5 Å². The van der Waals surface area contributed by atoms with Gasteiger partial charge >= 0.3 is 0 Å². The first kappa shape index (κ1) is 19.6. The fourth-order valence-corrected chi connectivity index (χ4v) is 4.32. The molecule has 0 amide bonds. The van der Waals surface area contributed by atoms with Gasteiger partial charge in [0.15, 0.2) is 5.17 Å². The van der Waals surface area contributed by atoms with Crippen LogP contribution in [0.2, 0.25) is 15.1 Å². The number of aromatic nitrogens is 1. The van der Waals surface area contributed by atoms with Crippen LogP contribution >= 0.6 is 46.6 Å². The first-order valence-corrected chi connectivity index (χ1v) is 10.8. The van der Waals surface area contributed by atoms with E-state index in [1.807, 2.05) is 42.5 Å². The van der Waals surface area contributed by atoms with Gasteiger partial charge in [-0.2, -0.15) is 0 Å². The van der Waals surface area contributed by atoms with Crippen molar-refractivity contribution in [3.8, 4) is 11.3 Å². The molecular formula is C20H16Cl3N3OS. The summed E-state index contributed by atoms with van der Waals surface area (Å²) in [4.78, 5) is 4.49. The summed E-state index contributed by atoms with van der Waals surface area (Å²) < 4.78 is 5.59. The van der Waals surface area contributed by atoms with Gasteiger partial charge in [0.25, 0.3) is 0 Å². The Morgan fingerprint density at radius 2 is 1.93 bits per heavy atom. The van der Waals surface area contributed by atoms with Crippen LogP contribution < -0.4 is 5.32 Å². The number of aliphatic imine (C=N–C) groups is 1. The summed E-state index contributed by atoms with van der Waals surface area (Å²) in [5, 5.41) is 10.3. The van der Waals surface area contributed by atoms with E-state index >= 15 is 0 Å². The molecule has 0 aliphatic carbocycles. The van der Waals surface area contributed by atoms with Crippen molar-refractivity contribution >= 4 is 51.7 Å². The molecule has 1 aromatic heterocycles. The van der Waals surface area contributed by atoms with Gasteiger partial charge in [-0.05, 0) is 23.8 Å². The lowest BCUT2D eigenvalue weighted by molar-refractivity contribution is 0.373. The van der Waals surface area contributed by atoms with Crippen molar-refractivity contribution in [3.05, 3.63) is 74.9 Å². The van der Waals surface area contributed by atoms with Gasteiger partial charge in [-0.1, -0.05) is 76.0 Å². The highest BCUT2D eigenvalue weighted by molar-refractivity contribution is 8.14. The van der Waals surface area contributed by atoms with Crippen LogP contribution in [0.25, 0.3) is 11.3 Å². The third-order valence-corrected chi connectivity index (χ3v) is 6.34. The highest BCUT2D eigenvalue weighted by Gasteiger charge is 2.22. The smallest absolute Gasteiger partial charge is 0.157 e. The second kappa shape index (κ2) is 8.78. The van der Waals surface area contributed by atoms with Crippen LogP contribution in [-0.2, 0) is 6.42 Å². The molecule has 0 saturated heterocycles. The number of halogens is 3. The van der Waals surface area contributed by atoms with E-state index in [0.29, 0.717) is 21.5 Å². The molecule has 3 aromatic rings. The summed E-state index contributed by atoms with van der Waals surface area (Å²) in [5.41, 5.74) is 2.60. The average molecular weight is 453 g/mol. The molecule has 1 N–H and O–H groups in total. The third-order valence-electron chi connectivity index (χ3n) is 4.34. The molecule has 1 aliphatic heterocycles. The molecule has 144 valence electrons. The molecule has 4 rings (SSSR count). The lowest BCUT2D eigenvalue weighted by atomic mass is 10.0. The molecule has 2 aromatic carbocycles. The molecule has 4 nitrogen and oxygen atoms in total. The van der Waals surface area contributed by atoms with Gasteiger partial charge in [0, 0.05) is 28.8 Å². The zero-order chi connectivity index (χ0) is 19.5. The van der Waals surface area contributed by atoms with Crippen molar-refractivity contribution in [2.45, 2.75) is 12.5 Å². The van der Waals surface area contributed by atoms with Crippen LogP contribution in [0.3, 0.4) is 0 Å². The maximum Gasteiger partial charge on any atom is 0.157 e. The van der Waals surface area contributed by atoms with Gasteiger partial charge in [0.2, 0.25) is 0 Å². The van der Waals surface area contributed by atoms with E-state index < -0.39 is 0 Å². The topological polar surface area (TPSA) is 50.4 Å². The summed E-state index contributed by atoms with van der Waals surface area (Å²) in [6.45, 7) is 0.812. The highest BCUT2D eigenvalue weighted by Crippen LogP contribution is 2.33. The zero-order valence-corrected chi connectivity index (χ0v) is 17.7. The predicted octanol–water partition coefficient (Wildman–Crippen LogP) is 6.28. The molecule has 0 bridgehead atoms. The fraction of sp³-hybridized carbons (Fsp3) is 0.200. The Balaban J connectivity index is 1.60. The second-order valence-corrected chi connectivity index (χ2v) is 8.57.